The van der Waals surface area contributed by atoms with Crippen LogP contribution in [0, 0.1) is 6.92 Å². The maximum absolute atomic E-state index is 12.2. The Morgan fingerprint density at radius 1 is 0.923 bits per heavy atom. The van der Waals surface area contributed by atoms with Crippen molar-refractivity contribution < 1.29 is 14.4 Å². The summed E-state index contributed by atoms with van der Waals surface area (Å²) in [6.07, 6.45) is 1.92. The van der Waals surface area contributed by atoms with Crippen LogP contribution in [0.1, 0.15) is 23.1 Å². The standard InChI is InChI=1S/C20H19N3O3/c1-12-3-2-4-15(9-12)21-19(25)20(26)22-16-10-13-5-6-17(24)23-8-7-14(11-16)18(13)23/h2-4,9-11H,5-8H2,1H3,(H,21,25)(H,22,26). The highest BCUT2D eigenvalue weighted by Gasteiger charge is 2.31. The minimum atomic E-state index is -0.708. The number of nitrogens with zero attached hydrogens (tertiary/aromatic N) is 1. The Morgan fingerprint density at radius 2 is 1.62 bits per heavy atom. The molecule has 0 spiro atoms. The van der Waals surface area contributed by atoms with Crippen molar-refractivity contribution in [1.82, 2.24) is 0 Å². The Kier molecular flexibility index (Phi) is 3.95. The molecule has 3 amide bonds. The fraction of sp³-hybridized carbons (Fsp3) is 0.250. The molecule has 0 aliphatic carbocycles. The number of carbonyl (C=O) groups is 3. The van der Waals surface area contributed by atoms with Gasteiger partial charge in [-0.05, 0) is 60.7 Å². The molecule has 6 heteroatoms. The Hall–Kier alpha value is -3.15. The summed E-state index contributed by atoms with van der Waals surface area (Å²) in [4.78, 5) is 38.2. The summed E-state index contributed by atoms with van der Waals surface area (Å²) in [6, 6.07) is 11.0. The summed E-state index contributed by atoms with van der Waals surface area (Å²) < 4.78 is 0. The minimum absolute atomic E-state index is 0.158. The third kappa shape index (κ3) is 2.94. The van der Waals surface area contributed by atoms with Gasteiger partial charge in [0.25, 0.3) is 0 Å². The van der Waals surface area contributed by atoms with E-state index in [1.165, 1.54) is 0 Å². The SMILES string of the molecule is Cc1cccc(NC(=O)C(=O)Nc2cc3c4c(c2)CCN4C(=O)CC3)c1. The second-order valence-electron chi connectivity index (χ2n) is 6.72. The van der Waals surface area contributed by atoms with Gasteiger partial charge < -0.3 is 15.5 Å². The van der Waals surface area contributed by atoms with E-state index in [0.717, 1.165) is 28.8 Å². The highest BCUT2D eigenvalue weighted by molar-refractivity contribution is 6.43. The fourth-order valence-corrected chi connectivity index (χ4v) is 3.63. The van der Waals surface area contributed by atoms with Crippen LogP contribution in [-0.2, 0) is 27.2 Å². The quantitative estimate of drug-likeness (QED) is 0.817. The molecule has 0 fully saturated rings. The summed E-state index contributed by atoms with van der Waals surface area (Å²) in [7, 11) is 0. The van der Waals surface area contributed by atoms with Crippen LogP contribution >= 0.6 is 0 Å². The number of nitrogens with one attached hydrogen (secondary N) is 2. The van der Waals surface area contributed by atoms with Gasteiger partial charge in [0.1, 0.15) is 0 Å². The van der Waals surface area contributed by atoms with Gasteiger partial charge >= 0.3 is 11.8 Å². The largest absolute Gasteiger partial charge is 0.318 e. The Labute approximate surface area is 151 Å². The number of aryl methyl sites for hydroxylation is 2. The van der Waals surface area contributed by atoms with Gasteiger partial charge in [0.05, 0.1) is 5.69 Å². The van der Waals surface area contributed by atoms with Crippen molar-refractivity contribution in [3.05, 3.63) is 53.1 Å². The number of anilines is 3. The van der Waals surface area contributed by atoms with Crippen molar-refractivity contribution in [2.75, 3.05) is 22.1 Å². The summed E-state index contributed by atoms with van der Waals surface area (Å²) in [5.74, 6) is -1.26. The summed E-state index contributed by atoms with van der Waals surface area (Å²) in [6.45, 7) is 2.60. The van der Waals surface area contributed by atoms with Gasteiger partial charge in [0.15, 0.2) is 0 Å². The highest BCUT2D eigenvalue weighted by Crippen LogP contribution is 2.38. The predicted molar refractivity (Wildman–Crippen MR) is 99.3 cm³/mol. The molecule has 2 heterocycles. The predicted octanol–water partition coefficient (Wildman–Crippen LogP) is 2.41. The first kappa shape index (κ1) is 16.3. The van der Waals surface area contributed by atoms with Crippen LogP contribution in [0.25, 0.3) is 0 Å². The van der Waals surface area contributed by atoms with Crippen LogP contribution in [0.15, 0.2) is 36.4 Å². The van der Waals surface area contributed by atoms with E-state index in [1.807, 2.05) is 36.1 Å². The number of amides is 3. The van der Waals surface area contributed by atoms with E-state index in [2.05, 4.69) is 10.6 Å². The van der Waals surface area contributed by atoms with Gasteiger partial charge in [-0.2, -0.15) is 0 Å². The lowest BCUT2D eigenvalue weighted by Gasteiger charge is -2.25. The number of benzene rings is 2. The van der Waals surface area contributed by atoms with Crippen molar-refractivity contribution in [1.29, 1.82) is 0 Å². The highest BCUT2D eigenvalue weighted by atomic mass is 16.2. The van der Waals surface area contributed by atoms with Crippen LogP contribution < -0.4 is 15.5 Å². The van der Waals surface area contributed by atoms with Gasteiger partial charge in [-0.3, -0.25) is 14.4 Å². The van der Waals surface area contributed by atoms with E-state index in [-0.39, 0.29) is 5.91 Å². The molecule has 0 aromatic heterocycles. The average Bonchev–Trinajstić information content (AvgIpc) is 3.03. The molecule has 0 radical (unpaired) electrons. The molecule has 2 aromatic rings. The van der Waals surface area contributed by atoms with E-state index in [1.54, 1.807) is 12.1 Å². The molecule has 132 valence electrons. The second-order valence-corrected chi connectivity index (χ2v) is 6.72. The Balaban J connectivity index is 1.50. The summed E-state index contributed by atoms with van der Waals surface area (Å²) in [5, 5.41) is 5.28. The number of rotatable bonds is 2. The number of hydrogen-bond donors (Lipinski definition) is 2. The van der Waals surface area contributed by atoms with Crippen LogP contribution in [0.2, 0.25) is 0 Å². The lowest BCUT2D eigenvalue weighted by atomic mass is 9.98. The molecule has 2 N–H and O–H groups in total. The third-order valence-electron chi connectivity index (χ3n) is 4.79. The van der Waals surface area contributed by atoms with Crippen LogP contribution in [0.4, 0.5) is 17.1 Å². The molecule has 26 heavy (non-hydrogen) atoms. The van der Waals surface area contributed by atoms with Crippen LogP contribution in [0.5, 0.6) is 0 Å². The molecule has 2 aliphatic heterocycles. The summed E-state index contributed by atoms with van der Waals surface area (Å²) >= 11 is 0. The maximum atomic E-state index is 12.2. The van der Waals surface area contributed by atoms with Crippen LogP contribution in [-0.4, -0.2) is 24.3 Å². The van der Waals surface area contributed by atoms with Crippen molar-refractivity contribution in [3.63, 3.8) is 0 Å². The van der Waals surface area contributed by atoms with Gasteiger partial charge in [-0.15, -0.1) is 0 Å². The second kappa shape index (κ2) is 6.29. The molecule has 6 nitrogen and oxygen atoms in total. The third-order valence-corrected chi connectivity index (χ3v) is 4.79. The zero-order chi connectivity index (χ0) is 18.3. The van der Waals surface area contributed by atoms with Gasteiger partial charge in [0, 0.05) is 24.3 Å². The Morgan fingerprint density at radius 3 is 2.35 bits per heavy atom. The monoisotopic (exact) mass is 349 g/mol. The maximum Gasteiger partial charge on any atom is 0.314 e. The molecule has 0 atom stereocenters. The fourth-order valence-electron chi connectivity index (χ4n) is 3.63. The van der Waals surface area contributed by atoms with Crippen molar-refractivity contribution >= 4 is 34.8 Å². The lowest BCUT2D eigenvalue weighted by molar-refractivity contribution is -0.132. The first-order valence-corrected chi connectivity index (χ1v) is 8.66. The molecule has 2 aliphatic rings. The zero-order valence-electron chi connectivity index (χ0n) is 14.5. The van der Waals surface area contributed by atoms with Crippen molar-refractivity contribution in [2.45, 2.75) is 26.2 Å². The number of carbonyl (C=O) groups excluding carboxylic acids is 3. The smallest absolute Gasteiger partial charge is 0.314 e. The van der Waals surface area contributed by atoms with Crippen LogP contribution in [0.3, 0.4) is 0 Å². The molecule has 2 aromatic carbocycles. The van der Waals surface area contributed by atoms with Gasteiger partial charge in [0.2, 0.25) is 5.91 Å². The average molecular weight is 349 g/mol. The number of hydrogen-bond acceptors (Lipinski definition) is 3. The molecule has 0 unspecified atom stereocenters. The zero-order valence-corrected chi connectivity index (χ0v) is 14.5. The molecule has 0 saturated heterocycles. The van der Waals surface area contributed by atoms with Gasteiger partial charge in [-0.1, -0.05) is 12.1 Å². The first-order valence-electron chi connectivity index (χ1n) is 8.66. The van der Waals surface area contributed by atoms with Crippen molar-refractivity contribution in [3.8, 4) is 0 Å². The molecule has 0 bridgehead atoms. The van der Waals surface area contributed by atoms with Gasteiger partial charge in [-0.25, -0.2) is 0 Å². The Bertz CT molecular complexity index is 936. The van der Waals surface area contributed by atoms with E-state index in [9.17, 15) is 14.4 Å². The molecular formula is C20H19N3O3. The van der Waals surface area contributed by atoms with E-state index in [4.69, 9.17) is 0 Å². The van der Waals surface area contributed by atoms with E-state index in [0.29, 0.717) is 30.8 Å². The lowest BCUT2D eigenvalue weighted by Crippen LogP contribution is -2.33. The summed E-state index contributed by atoms with van der Waals surface area (Å²) in [5.41, 5.74) is 5.27. The van der Waals surface area contributed by atoms with E-state index < -0.39 is 11.8 Å². The molecule has 4 rings (SSSR count). The van der Waals surface area contributed by atoms with Crippen molar-refractivity contribution in [2.24, 2.45) is 0 Å². The molecular weight excluding hydrogens is 330 g/mol. The first-order chi connectivity index (χ1) is 12.5. The van der Waals surface area contributed by atoms with E-state index >= 15 is 0 Å². The molecule has 0 saturated carbocycles. The topological polar surface area (TPSA) is 78.5 Å². The minimum Gasteiger partial charge on any atom is -0.318 e. The normalized spacial score (nSPS) is 14.8.